The number of hydrogen-bond donors (Lipinski definition) is 5. The normalized spacial score (nSPS) is 18.1. The zero-order valence-electron chi connectivity index (χ0n) is 21.5. The molecule has 5 atom stereocenters. The van der Waals surface area contributed by atoms with Crippen LogP contribution in [0.2, 0.25) is 0 Å². The third-order valence-corrected chi connectivity index (χ3v) is 5.92. The standard InChI is InChI=1S/C25H36N4O7/c1-7-13(2)19(23(33)34)29-22(32)18(12-16-15-10-8-9-11-17(15)27-21(16)31)28-20(30)14(3)26-24(35)36-25(4,5)6/h8-11,13-14,16,18-19H,7,12H2,1-6H3,(H,26,35)(H,27,31)(H,28,30)(H,29,32)(H,33,34)/t13-,14-,16?,18-,19-/m0/s1. The third kappa shape index (κ3) is 7.69. The van der Waals surface area contributed by atoms with Gasteiger partial charge in [-0.25, -0.2) is 9.59 Å². The molecule has 1 unspecified atom stereocenters. The van der Waals surface area contributed by atoms with Gasteiger partial charge in [-0.1, -0.05) is 38.5 Å². The molecule has 1 aromatic carbocycles. The van der Waals surface area contributed by atoms with E-state index in [0.717, 1.165) is 0 Å². The molecule has 36 heavy (non-hydrogen) atoms. The first-order valence-corrected chi connectivity index (χ1v) is 12.0. The molecule has 1 aliphatic heterocycles. The molecule has 11 heteroatoms. The molecule has 198 valence electrons. The van der Waals surface area contributed by atoms with Crippen molar-refractivity contribution in [2.24, 2.45) is 5.92 Å². The Balaban J connectivity index is 2.24. The number of anilines is 1. The summed E-state index contributed by atoms with van der Waals surface area (Å²) in [5.41, 5.74) is 0.514. The van der Waals surface area contributed by atoms with Gasteiger partial charge in [0, 0.05) is 5.69 Å². The van der Waals surface area contributed by atoms with E-state index >= 15 is 0 Å². The van der Waals surface area contributed by atoms with E-state index in [0.29, 0.717) is 17.7 Å². The molecule has 0 aromatic heterocycles. The topological polar surface area (TPSA) is 163 Å². The highest BCUT2D eigenvalue weighted by Crippen LogP contribution is 2.35. The summed E-state index contributed by atoms with van der Waals surface area (Å²) < 4.78 is 5.16. The Labute approximate surface area is 210 Å². The number of alkyl carbamates (subject to hydrolysis) is 1. The molecule has 11 nitrogen and oxygen atoms in total. The summed E-state index contributed by atoms with van der Waals surface area (Å²) in [4.78, 5) is 62.6. The lowest BCUT2D eigenvalue weighted by Crippen LogP contribution is -2.56. The molecule has 5 N–H and O–H groups in total. The van der Waals surface area contributed by atoms with E-state index in [1.54, 1.807) is 58.9 Å². The van der Waals surface area contributed by atoms with Crippen molar-refractivity contribution in [3.63, 3.8) is 0 Å². The Morgan fingerprint density at radius 3 is 2.28 bits per heavy atom. The van der Waals surface area contributed by atoms with Crippen LogP contribution in [-0.4, -0.2) is 58.6 Å². The molecule has 0 spiro atoms. The number of aliphatic carboxylic acids is 1. The van der Waals surface area contributed by atoms with Crippen LogP contribution >= 0.6 is 0 Å². The van der Waals surface area contributed by atoms with Gasteiger partial charge in [0.1, 0.15) is 23.7 Å². The SMILES string of the molecule is CC[C@H](C)[C@H](NC(=O)[C@H](CC1C(=O)Nc2ccccc21)NC(=O)[C@H](C)NC(=O)OC(C)(C)C)C(=O)O. The van der Waals surface area contributed by atoms with Crippen molar-refractivity contribution in [3.8, 4) is 0 Å². The Kier molecular flexibility index (Phi) is 9.43. The van der Waals surface area contributed by atoms with E-state index < -0.39 is 53.5 Å². The summed E-state index contributed by atoms with van der Waals surface area (Å²) in [7, 11) is 0. The average Bonchev–Trinajstić information content (AvgIpc) is 3.09. The number of carboxylic acid groups (broad SMARTS) is 1. The minimum absolute atomic E-state index is 0.105. The van der Waals surface area contributed by atoms with Gasteiger partial charge in [0.05, 0.1) is 5.92 Å². The van der Waals surface area contributed by atoms with Crippen LogP contribution in [-0.2, 0) is 23.9 Å². The summed E-state index contributed by atoms with van der Waals surface area (Å²) in [6, 6.07) is 3.52. The Morgan fingerprint density at radius 1 is 1.06 bits per heavy atom. The summed E-state index contributed by atoms with van der Waals surface area (Å²) >= 11 is 0. The molecule has 0 radical (unpaired) electrons. The predicted molar refractivity (Wildman–Crippen MR) is 132 cm³/mol. The Bertz CT molecular complexity index is 1000. The molecule has 0 bridgehead atoms. The van der Waals surface area contributed by atoms with Crippen LogP contribution in [0.5, 0.6) is 0 Å². The second-order valence-corrected chi connectivity index (χ2v) is 10.0. The van der Waals surface area contributed by atoms with Gasteiger partial charge in [0.25, 0.3) is 0 Å². The van der Waals surface area contributed by atoms with Gasteiger partial charge >= 0.3 is 12.1 Å². The van der Waals surface area contributed by atoms with Crippen molar-refractivity contribution in [1.29, 1.82) is 0 Å². The number of hydrogen-bond acceptors (Lipinski definition) is 6. The van der Waals surface area contributed by atoms with Gasteiger partial charge < -0.3 is 31.1 Å². The summed E-state index contributed by atoms with van der Waals surface area (Å²) in [5, 5.41) is 19.8. The fraction of sp³-hybridized carbons (Fsp3) is 0.560. The van der Waals surface area contributed by atoms with E-state index in [1.807, 2.05) is 0 Å². The molecule has 0 saturated carbocycles. The van der Waals surface area contributed by atoms with Crippen LogP contribution in [0.1, 0.15) is 65.9 Å². The first-order chi connectivity index (χ1) is 16.7. The van der Waals surface area contributed by atoms with Gasteiger partial charge in [-0.3, -0.25) is 14.4 Å². The molecule has 4 amide bonds. The van der Waals surface area contributed by atoms with Gasteiger partial charge in [-0.15, -0.1) is 0 Å². The van der Waals surface area contributed by atoms with Crippen LogP contribution in [0.3, 0.4) is 0 Å². The van der Waals surface area contributed by atoms with Crippen molar-refractivity contribution in [2.75, 3.05) is 5.32 Å². The van der Waals surface area contributed by atoms with Gasteiger partial charge in [0.15, 0.2) is 0 Å². The largest absolute Gasteiger partial charge is 0.480 e. The van der Waals surface area contributed by atoms with Crippen molar-refractivity contribution >= 4 is 35.5 Å². The van der Waals surface area contributed by atoms with Crippen LogP contribution in [0.4, 0.5) is 10.5 Å². The van der Waals surface area contributed by atoms with Crippen molar-refractivity contribution < 1.29 is 33.8 Å². The van der Waals surface area contributed by atoms with Crippen LogP contribution in [0, 0.1) is 5.92 Å². The summed E-state index contributed by atoms with van der Waals surface area (Å²) in [6.45, 7) is 9.95. The fourth-order valence-corrected chi connectivity index (χ4v) is 3.76. The number of ether oxygens (including phenoxy) is 1. The van der Waals surface area contributed by atoms with Crippen molar-refractivity contribution in [1.82, 2.24) is 16.0 Å². The number of rotatable bonds is 10. The highest BCUT2D eigenvalue weighted by molar-refractivity contribution is 6.03. The molecule has 1 aliphatic rings. The second-order valence-electron chi connectivity index (χ2n) is 10.0. The molecule has 2 rings (SSSR count). The van der Waals surface area contributed by atoms with Gasteiger partial charge in [0.2, 0.25) is 17.7 Å². The predicted octanol–water partition coefficient (Wildman–Crippen LogP) is 2.13. The lowest BCUT2D eigenvalue weighted by molar-refractivity contribution is -0.144. The lowest BCUT2D eigenvalue weighted by Gasteiger charge is -2.27. The number of carbonyl (C=O) groups is 5. The van der Waals surface area contributed by atoms with Crippen molar-refractivity contribution in [3.05, 3.63) is 29.8 Å². The Hall–Kier alpha value is -3.63. The molecule has 0 fully saturated rings. The average molecular weight is 505 g/mol. The summed E-state index contributed by atoms with van der Waals surface area (Å²) in [5.74, 6) is -4.07. The van der Waals surface area contributed by atoms with E-state index in [9.17, 15) is 29.1 Å². The minimum Gasteiger partial charge on any atom is -0.480 e. The van der Waals surface area contributed by atoms with Crippen LogP contribution in [0.15, 0.2) is 24.3 Å². The number of carbonyl (C=O) groups excluding carboxylic acids is 4. The molecule has 1 heterocycles. The molecule has 0 saturated heterocycles. The fourth-order valence-electron chi connectivity index (χ4n) is 3.76. The second kappa shape index (κ2) is 11.9. The van der Waals surface area contributed by atoms with E-state index in [-0.39, 0.29) is 18.2 Å². The molecule has 0 aliphatic carbocycles. The van der Waals surface area contributed by atoms with Crippen molar-refractivity contribution in [2.45, 2.75) is 84.0 Å². The van der Waals surface area contributed by atoms with E-state index in [2.05, 4.69) is 21.3 Å². The van der Waals surface area contributed by atoms with Gasteiger partial charge in [-0.05, 0) is 51.7 Å². The number of benzene rings is 1. The lowest BCUT2D eigenvalue weighted by atomic mass is 9.92. The number of nitrogens with one attached hydrogen (secondary N) is 4. The van der Waals surface area contributed by atoms with Crippen LogP contribution in [0.25, 0.3) is 0 Å². The van der Waals surface area contributed by atoms with Crippen LogP contribution < -0.4 is 21.3 Å². The Morgan fingerprint density at radius 2 is 1.69 bits per heavy atom. The number of amides is 4. The summed E-state index contributed by atoms with van der Waals surface area (Å²) in [6.07, 6.45) is -0.409. The third-order valence-electron chi connectivity index (χ3n) is 5.92. The number of para-hydroxylation sites is 1. The number of fused-ring (bicyclic) bond motifs is 1. The maximum atomic E-state index is 13.2. The maximum absolute atomic E-state index is 13.2. The molecular weight excluding hydrogens is 468 g/mol. The number of carboxylic acids is 1. The smallest absolute Gasteiger partial charge is 0.408 e. The zero-order chi connectivity index (χ0) is 27.2. The highest BCUT2D eigenvalue weighted by Gasteiger charge is 2.37. The van der Waals surface area contributed by atoms with E-state index in [1.165, 1.54) is 6.92 Å². The monoisotopic (exact) mass is 504 g/mol. The maximum Gasteiger partial charge on any atom is 0.408 e. The van der Waals surface area contributed by atoms with Gasteiger partial charge in [-0.2, -0.15) is 0 Å². The highest BCUT2D eigenvalue weighted by atomic mass is 16.6. The quantitative estimate of drug-likeness (QED) is 0.326. The molecule has 1 aromatic rings. The minimum atomic E-state index is -1.24. The zero-order valence-corrected chi connectivity index (χ0v) is 21.5. The first-order valence-electron chi connectivity index (χ1n) is 12.0. The molecular formula is C25H36N4O7. The first kappa shape index (κ1) is 28.6. The van der Waals surface area contributed by atoms with E-state index in [4.69, 9.17) is 4.74 Å².